The summed E-state index contributed by atoms with van der Waals surface area (Å²) in [6.45, 7) is 2.25. The number of rotatable bonds is 1. The molecule has 0 spiro atoms. The fourth-order valence-corrected chi connectivity index (χ4v) is 1.88. The van der Waals surface area contributed by atoms with Crippen LogP contribution < -0.4 is 5.32 Å². The van der Waals surface area contributed by atoms with Crippen LogP contribution in [0.3, 0.4) is 0 Å². The summed E-state index contributed by atoms with van der Waals surface area (Å²) in [7, 11) is 0. The van der Waals surface area contributed by atoms with Crippen molar-refractivity contribution in [2.75, 3.05) is 0 Å². The predicted octanol–water partition coefficient (Wildman–Crippen LogP) is 2.50. The van der Waals surface area contributed by atoms with Crippen molar-refractivity contribution in [3.05, 3.63) is 35.9 Å². The molecular formula is C11H15N. The molecule has 1 N–H and O–H groups in total. The van der Waals surface area contributed by atoms with Crippen LogP contribution in [0.4, 0.5) is 0 Å². The van der Waals surface area contributed by atoms with E-state index in [1.54, 1.807) is 0 Å². The second kappa shape index (κ2) is 3.28. The van der Waals surface area contributed by atoms with Gasteiger partial charge in [-0.25, -0.2) is 0 Å². The molecule has 0 aliphatic carbocycles. The summed E-state index contributed by atoms with van der Waals surface area (Å²) in [6, 6.07) is 12.0. The normalized spacial score (nSPS) is 29.1. The Morgan fingerprint density at radius 1 is 1.17 bits per heavy atom. The molecule has 1 aromatic carbocycles. The first kappa shape index (κ1) is 7.81. The highest BCUT2D eigenvalue weighted by atomic mass is 15.0. The van der Waals surface area contributed by atoms with Crippen LogP contribution in [0.2, 0.25) is 0 Å². The Bertz CT molecular complexity index is 242. The average Bonchev–Trinajstić information content (AvgIpc) is 2.54. The van der Waals surface area contributed by atoms with Gasteiger partial charge in [0, 0.05) is 12.1 Å². The molecule has 0 amide bonds. The number of hydrogen-bond donors (Lipinski definition) is 1. The van der Waals surface area contributed by atoms with Gasteiger partial charge in [0.1, 0.15) is 0 Å². The van der Waals surface area contributed by atoms with Gasteiger partial charge in [0.05, 0.1) is 0 Å². The van der Waals surface area contributed by atoms with Crippen LogP contribution in [-0.4, -0.2) is 6.04 Å². The lowest BCUT2D eigenvalue weighted by Gasteiger charge is -2.11. The second-order valence-corrected chi connectivity index (χ2v) is 3.61. The first-order valence-corrected chi connectivity index (χ1v) is 4.67. The highest BCUT2D eigenvalue weighted by Crippen LogP contribution is 2.25. The average molecular weight is 161 g/mol. The molecule has 1 aliphatic rings. The zero-order valence-electron chi connectivity index (χ0n) is 7.46. The molecule has 64 valence electrons. The Morgan fingerprint density at radius 3 is 2.50 bits per heavy atom. The minimum atomic E-state index is 0.598. The molecule has 1 heteroatoms. The highest BCUT2D eigenvalue weighted by Gasteiger charge is 2.20. The third-order valence-electron chi connectivity index (χ3n) is 2.58. The van der Waals surface area contributed by atoms with Crippen molar-refractivity contribution in [3.63, 3.8) is 0 Å². The van der Waals surface area contributed by atoms with Crippen molar-refractivity contribution >= 4 is 0 Å². The van der Waals surface area contributed by atoms with Crippen LogP contribution in [0.15, 0.2) is 30.3 Å². The van der Waals surface area contributed by atoms with E-state index in [0.29, 0.717) is 12.1 Å². The first-order valence-electron chi connectivity index (χ1n) is 4.67. The maximum Gasteiger partial charge on any atom is 0.0323 e. The zero-order chi connectivity index (χ0) is 8.39. The molecule has 1 unspecified atom stereocenters. The van der Waals surface area contributed by atoms with Crippen molar-refractivity contribution < 1.29 is 0 Å². The Kier molecular flexibility index (Phi) is 2.13. The van der Waals surface area contributed by atoms with Crippen LogP contribution >= 0.6 is 0 Å². The number of hydrogen-bond acceptors (Lipinski definition) is 1. The third-order valence-corrected chi connectivity index (χ3v) is 2.58. The van der Waals surface area contributed by atoms with E-state index in [0.717, 1.165) is 0 Å². The fraction of sp³-hybridized carbons (Fsp3) is 0.455. The summed E-state index contributed by atoms with van der Waals surface area (Å²) in [6.07, 6.45) is 2.59. The van der Waals surface area contributed by atoms with Crippen LogP contribution in [0.5, 0.6) is 0 Å². The van der Waals surface area contributed by atoms with Gasteiger partial charge in [-0.15, -0.1) is 0 Å². The van der Waals surface area contributed by atoms with Gasteiger partial charge in [-0.05, 0) is 25.3 Å². The summed E-state index contributed by atoms with van der Waals surface area (Å²) in [5, 5.41) is 3.57. The van der Waals surface area contributed by atoms with Gasteiger partial charge in [-0.3, -0.25) is 0 Å². The highest BCUT2D eigenvalue weighted by molar-refractivity contribution is 5.19. The molecule has 1 aromatic rings. The molecule has 1 nitrogen and oxygen atoms in total. The molecular weight excluding hydrogens is 146 g/mol. The standard InChI is InChI=1S/C11H15N/c1-9-7-8-11(12-9)10-5-3-2-4-6-10/h2-6,9,11-12H,7-8H2,1H3/t9-,11?/m1/s1. The minimum absolute atomic E-state index is 0.598. The Morgan fingerprint density at radius 2 is 1.92 bits per heavy atom. The fourth-order valence-electron chi connectivity index (χ4n) is 1.88. The van der Waals surface area contributed by atoms with Crippen LogP contribution in [-0.2, 0) is 0 Å². The molecule has 1 aliphatic heterocycles. The Hall–Kier alpha value is -0.820. The molecule has 1 saturated heterocycles. The minimum Gasteiger partial charge on any atom is -0.307 e. The van der Waals surface area contributed by atoms with Crippen molar-refractivity contribution in [2.45, 2.75) is 31.8 Å². The SMILES string of the molecule is C[C@@H]1CCC(c2ccccc2)N1. The molecule has 12 heavy (non-hydrogen) atoms. The summed E-state index contributed by atoms with van der Waals surface area (Å²) >= 11 is 0. The van der Waals surface area contributed by atoms with E-state index < -0.39 is 0 Å². The topological polar surface area (TPSA) is 12.0 Å². The van der Waals surface area contributed by atoms with Gasteiger partial charge >= 0.3 is 0 Å². The van der Waals surface area contributed by atoms with Crippen molar-refractivity contribution in [1.29, 1.82) is 0 Å². The molecule has 0 radical (unpaired) electrons. The quantitative estimate of drug-likeness (QED) is 0.667. The van der Waals surface area contributed by atoms with Crippen molar-refractivity contribution in [3.8, 4) is 0 Å². The molecule has 1 heterocycles. The summed E-state index contributed by atoms with van der Waals surface area (Å²) in [5.41, 5.74) is 1.43. The van der Waals surface area contributed by atoms with Crippen LogP contribution in [0.25, 0.3) is 0 Å². The lowest BCUT2D eigenvalue weighted by molar-refractivity contribution is 0.585. The summed E-state index contributed by atoms with van der Waals surface area (Å²) in [5.74, 6) is 0. The van der Waals surface area contributed by atoms with Gasteiger partial charge in [0.25, 0.3) is 0 Å². The van der Waals surface area contributed by atoms with Gasteiger partial charge < -0.3 is 5.32 Å². The van der Waals surface area contributed by atoms with Gasteiger partial charge in [0.2, 0.25) is 0 Å². The van der Waals surface area contributed by atoms with Gasteiger partial charge in [-0.2, -0.15) is 0 Å². The summed E-state index contributed by atoms with van der Waals surface area (Å²) < 4.78 is 0. The molecule has 1 fully saturated rings. The largest absolute Gasteiger partial charge is 0.307 e. The maximum absolute atomic E-state index is 3.57. The maximum atomic E-state index is 3.57. The van der Waals surface area contributed by atoms with E-state index in [2.05, 4.69) is 42.6 Å². The monoisotopic (exact) mass is 161 g/mol. The Labute approximate surface area is 73.8 Å². The van der Waals surface area contributed by atoms with Crippen LogP contribution in [0.1, 0.15) is 31.4 Å². The molecule has 2 rings (SSSR count). The second-order valence-electron chi connectivity index (χ2n) is 3.61. The molecule has 0 aromatic heterocycles. The smallest absolute Gasteiger partial charge is 0.0323 e. The van der Waals surface area contributed by atoms with Crippen molar-refractivity contribution in [2.24, 2.45) is 0 Å². The number of benzene rings is 1. The van der Waals surface area contributed by atoms with E-state index >= 15 is 0 Å². The van der Waals surface area contributed by atoms with E-state index in [9.17, 15) is 0 Å². The first-order chi connectivity index (χ1) is 5.86. The number of nitrogens with one attached hydrogen (secondary N) is 1. The van der Waals surface area contributed by atoms with Crippen LogP contribution in [0, 0.1) is 0 Å². The van der Waals surface area contributed by atoms with E-state index in [-0.39, 0.29) is 0 Å². The predicted molar refractivity (Wildman–Crippen MR) is 51.0 cm³/mol. The lowest BCUT2D eigenvalue weighted by Crippen LogP contribution is -2.20. The van der Waals surface area contributed by atoms with Crippen molar-refractivity contribution in [1.82, 2.24) is 5.32 Å². The van der Waals surface area contributed by atoms with E-state index in [1.165, 1.54) is 18.4 Å². The van der Waals surface area contributed by atoms with Gasteiger partial charge in [0.15, 0.2) is 0 Å². The Balaban J connectivity index is 2.11. The third kappa shape index (κ3) is 1.51. The molecule has 0 bridgehead atoms. The molecule has 0 saturated carbocycles. The summed E-state index contributed by atoms with van der Waals surface area (Å²) in [4.78, 5) is 0. The van der Waals surface area contributed by atoms with E-state index in [1.807, 2.05) is 0 Å². The zero-order valence-corrected chi connectivity index (χ0v) is 7.46. The van der Waals surface area contributed by atoms with E-state index in [4.69, 9.17) is 0 Å². The molecule has 2 atom stereocenters. The lowest BCUT2D eigenvalue weighted by atomic mass is 10.1. The van der Waals surface area contributed by atoms with Gasteiger partial charge in [-0.1, -0.05) is 30.3 Å².